The highest BCUT2D eigenvalue weighted by Gasteiger charge is 2.37. The number of benzene rings is 2. The Morgan fingerprint density at radius 1 is 0.892 bits per heavy atom. The lowest BCUT2D eigenvalue weighted by molar-refractivity contribution is -0.137. The number of nitrogens with zero attached hydrogens (tertiary/aromatic N) is 3. The summed E-state index contributed by atoms with van der Waals surface area (Å²) in [6.07, 6.45) is -0.749. The average molecular weight is 563 g/mol. The predicted octanol–water partition coefficient (Wildman–Crippen LogP) is 5.42. The van der Waals surface area contributed by atoms with E-state index in [0.717, 1.165) is 42.1 Å². The number of rotatable bonds is 4. The Kier molecular flexibility index (Phi) is 8.20. The number of carbonyl (C=O) groups excluding carboxylic acids is 1. The molecule has 2 saturated heterocycles. The van der Waals surface area contributed by atoms with Gasteiger partial charge in [0.1, 0.15) is 10.7 Å². The van der Waals surface area contributed by atoms with Crippen molar-refractivity contribution in [2.24, 2.45) is 0 Å². The molecule has 7 nitrogen and oxygen atoms in total. The second kappa shape index (κ2) is 11.0. The van der Waals surface area contributed by atoms with Gasteiger partial charge in [0, 0.05) is 50.6 Å². The molecule has 0 bridgehead atoms. The van der Waals surface area contributed by atoms with Gasteiger partial charge in [0.15, 0.2) is 0 Å². The summed E-state index contributed by atoms with van der Waals surface area (Å²) in [5.41, 5.74) is -0.947. The van der Waals surface area contributed by atoms with Crippen LogP contribution in [0.2, 0.25) is 5.02 Å². The fourth-order valence-corrected chi connectivity index (χ4v) is 6.52. The normalized spacial score (nSPS) is 18.0. The van der Waals surface area contributed by atoms with Crippen LogP contribution in [0.1, 0.15) is 31.2 Å². The first kappa shape index (κ1) is 27.5. The molecule has 0 saturated carbocycles. The number of piperazine rings is 1. The first-order valence-electron chi connectivity index (χ1n) is 11.9. The largest absolute Gasteiger partial charge is 0.418 e. The third kappa shape index (κ3) is 6.29. The summed E-state index contributed by atoms with van der Waals surface area (Å²) >= 11 is 6.30. The van der Waals surface area contributed by atoms with Crippen molar-refractivity contribution in [3.8, 4) is 0 Å². The summed E-state index contributed by atoms with van der Waals surface area (Å²) in [4.78, 5) is 15.5. The highest BCUT2D eigenvalue weighted by atomic mass is 35.5. The Morgan fingerprint density at radius 2 is 1.54 bits per heavy atom. The van der Waals surface area contributed by atoms with E-state index < -0.39 is 27.6 Å². The zero-order chi connectivity index (χ0) is 26.8. The zero-order valence-corrected chi connectivity index (χ0v) is 21.5. The number of likely N-dealkylation sites (tertiary alicyclic amines) is 1. The van der Waals surface area contributed by atoms with E-state index in [2.05, 4.69) is 5.32 Å². The van der Waals surface area contributed by atoms with Crippen LogP contribution in [0.4, 0.5) is 33.7 Å². The van der Waals surface area contributed by atoms with Gasteiger partial charge in [0.2, 0.25) is 10.0 Å². The minimum Gasteiger partial charge on any atom is -0.368 e. The number of hydrogen-bond donors (Lipinski definition) is 1. The number of urea groups is 1. The minimum absolute atomic E-state index is 0.0183. The van der Waals surface area contributed by atoms with Crippen LogP contribution in [0.25, 0.3) is 0 Å². The molecule has 37 heavy (non-hydrogen) atoms. The standard InChI is InChI=1S/C24H27ClF4N4O3S/c25-20-16-18(30-23(34)32-9-3-1-2-4-10-32)6-8-22(20)37(35,36)33-13-11-31(12-14-33)21-7-5-17(26)15-19(21)24(27,28)29/h5-8,15-16H,1-4,9-14H2,(H,30,34). The van der Waals surface area contributed by atoms with E-state index >= 15 is 0 Å². The summed E-state index contributed by atoms with van der Waals surface area (Å²) in [7, 11) is -4.04. The van der Waals surface area contributed by atoms with Crippen LogP contribution in [-0.4, -0.2) is 62.9 Å². The lowest BCUT2D eigenvalue weighted by Crippen LogP contribution is -2.49. The number of alkyl halides is 3. The number of sulfonamides is 1. The smallest absolute Gasteiger partial charge is 0.368 e. The summed E-state index contributed by atoms with van der Waals surface area (Å²) in [5.74, 6) is -1.00. The molecule has 13 heteroatoms. The van der Waals surface area contributed by atoms with Gasteiger partial charge in [-0.2, -0.15) is 17.5 Å². The van der Waals surface area contributed by atoms with Crippen molar-refractivity contribution in [1.82, 2.24) is 9.21 Å². The molecular weight excluding hydrogens is 536 g/mol. The third-order valence-electron chi connectivity index (χ3n) is 6.54. The highest BCUT2D eigenvalue weighted by molar-refractivity contribution is 7.89. The maximum Gasteiger partial charge on any atom is 0.418 e. The van der Waals surface area contributed by atoms with Crippen molar-refractivity contribution in [2.75, 3.05) is 49.5 Å². The number of halogens is 5. The Hall–Kier alpha value is -2.57. The second-order valence-corrected chi connectivity index (χ2v) is 11.3. The summed E-state index contributed by atoms with van der Waals surface area (Å²) in [6.45, 7) is 1.10. The van der Waals surface area contributed by atoms with Crippen LogP contribution in [0, 0.1) is 5.82 Å². The number of hydrogen-bond acceptors (Lipinski definition) is 4. The van der Waals surface area contributed by atoms with Crippen LogP contribution in [0.15, 0.2) is 41.3 Å². The number of nitrogens with one attached hydrogen (secondary N) is 1. The van der Waals surface area contributed by atoms with Crippen molar-refractivity contribution in [3.05, 3.63) is 52.8 Å². The molecule has 4 rings (SSSR count). The van der Waals surface area contributed by atoms with E-state index in [9.17, 15) is 30.8 Å². The maximum absolute atomic E-state index is 13.5. The van der Waals surface area contributed by atoms with Crippen molar-refractivity contribution in [3.63, 3.8) is 0 Å². The zero-order valence-electron chi connectivity index (χ0n) is 19.9. The molecule has 1 N–H and O–H groups in total. The summed E-state index contributed by atoms with van der Waals surface area (Å²) in [5, 5.41) is 2.68. The van der Waals surface area contributed by atoms with E-state index in [0.29, 0.717) is 24.8 Å². The van der Waals surface area contributed by atoms with E-state index in [1.165, 1.54) is 23.1 Å². The third-order valence-corrected chi connectivity index (χ3v) is 8.92. The van der Waals surface area contributed by atoms with Crippen molar-refractivity contribution < 1.29 is 30.8 Å². The van der Waals surface area contributed by atoms with Gasteiger partial charge in [0.05, 0.1) is 10.6 Å². The first-order valence-corrected chi connectivity index (χ1v) is 13.8. The summed E-state index contributed by atoms with van der Waals surface area (Å²) < 4.78 is 81.3. The van der Waals surface area contributed by atoms with Crippen molar-refractivity contribution in [2.45, 2.75) is 36.8 Å². The van der Waals surface area contributed by atoms with Gasteiger partial charge in [-0.25, -0.2) is 17.6 Å². The molecule has 0 spiro atoms. The van der Waals surface area contributed by atoms with E-state index in [1.807, 2.05) is 0 Å². The fraction of sp³-hybridized carbons (Fsp3) is 0.458. The van der Waals surface area contributed by atoms with Crippen molar-refractivity contribution >= 4 is 39.0 Å². The molecule has 202 valence electrons. The van der Waals surface area contributed by atoms with Crippen LogP contribution in [-0.2, 0) is 16.2 Å². The van der Waals surface area contributed by atoms with E-state index in [4.69, 9.17) is 11.6 Å². The van der Waals surface area contributed by atoms with Gasteiger partial charge in [-0.05, 0) is 49.2 Å². The Morgan fingerprint density at radius 3 is 2.14 bits per heavy atom. The number of anilines is 2. The van der Waals surface area contributed by atoms with Gasteiger partial charge in [-0.1, -0.05) is 24.4 Å². The first-order chi connectivity index (χ1) is 17.5. The Labute approximate surface area is 218 Å². The van der Waals surface area contributed by atoms with Gasteiger partial charge >= 0.3 is 12.2 Å². The van der Waals surface area contributed by atoms with Gasteiger partial charge < -0.3 is 15.1 Å². The Balaban J connectivity index is 1.44. The average Bonchev–Trinajstić information content (AvgIpc) is 3.13. The van der Waals surface area contributed by atoms with Gasteiger partial charge in [-0.15, -0.1) is 0 Å². The molecule has 0 radical (unpaired) electrons. The fourth-order valence-electron chi connectivity index (χ4n) is 4.58. The monoisotopic (exact) mass is 562 g/mol. The maximum atomic E-state index is 13.5. The van der Waals surface area contributed by atoms with E-state index in [1.54, 1.807) is 4.90 Å². The molecule has 2 aromatic carbocycles. The topological polar surface area (TPSA) is 73.0 Å². The molecule has 2 aliphatic rings. The molecule has 2 aliphatic heterocycles. The van der Waals surface area contributed by atoms with Crippen molar-refractivity contribution in [1.29, 1.82) is 0 Å². The lowest BCUT2D eigenvalue weighted by Gasteiger charge is -2.36. The quantitative estimate of drug-likeness (QED) is 0.505. The molecule has 0 atom stereocenters. The van der Waals surface area contributed by atoms with Crippen LogP contribution < -0.4 is 10.2 Å². The molecule has 2 aromatic rings. The van der Waals surface area contributed by atoms with Gasteiger partial charge in [0.25, 0.3) is 0 Å². The van der Waals surface area contributed by atoms with Gasteiger partial charge in [-0.3, -0.25) is 0 Å². The highest BCUT2D eigenvalue weighted by Crippen LogP contribution is 2.38. The molecule has 0 aliphatic carbocycles. The van der Waals surface area contributed by atoms with Crippen LogP contribution in [0.3, 0.4) is 0 Å². The Bertz CT molecular complexity index is 1240. The number of amides is 2. The SMILES string of the molecule is O=C(Nc1ccc(S(=O)(=O)N2CCN(c3ccc(F)cc3C(F)(F)F)CC2)c(Cl)c1)N1CCCCCC1. The predicted molar refractivity (Wildman–Crippen MR) is 133 cm³/mol. The molecule has 0 aromatic heterocycles. The number of carbonyl (C=O) groups is 1. The minimum atomic E-state index is -4.75. The molecule has 2 heterocycles. The molecule has 0 unspecified atom stereocenters. The lowest BCUT2D eigenvalue weighted by atomic mass is 10.1. The van der Waals surface area contributed by atoms with Crippen LogP contribution >= 0.6 is 11.6 Å². The van der Waals surface area contributed by atoms with E-state index in [-0.39, 0.29) is 47.8 Å². The second-order valence-electron chi connectivity index (χ2n) is 9.03. The van der Waals surface area contributed by atoms with Crippen LogP contribution in [0.5, 0.6) is 0 Å². The molecular formula is C24H27ClF4N4O3S. The summed E-state index contributed by atoms with van der Waals surface area (Å²) in [6, 6.07) is 6.30. The molecule has 2 amide bonds. The molecule has 2 fully saturated rings.